The van der Waals surface area contributed by atoms with Crippen LogP contribution in [0, 0.1) is 6.92 Å². The third-order valence-electron chi connectivity index (χ3n) is 11.6. The summed E-state index contributed by atoms with van der Waals surface area (Å²) in [5.41, 5.74) is 12.3. The summed E-state index contributed by atoms with van der Waals surface area (Å²) < 4.78 is 2.59. The van der Waals surface area contributed by atoms with Gasteiger partial charge in [-0.25, -0.2) is 9.97 Å². The number of benzene rings is 5. The van der Waals surface area contributed by atoms with E-state index in [-0.39, 0.29) is 16.9 Å². The number of nitrogens with zero attached hydrogens (tertiary/aromatic N) is 3. The molecule has 246 valence electrons. The zero-order chi connectivity index (χ0) is 34.2. The van der Waals surface area contributed by atoms with Gasteiger partial charge in [0.05, 0.1) is 17.4 Å². The SMILES string of the molecule is Cc1c(-c2ccccc2)nc(C2=CC=CC(n3c4ccccc4c4cc5c(cc43)C(C)(C)CCC5(C)C)C2)nc1-c1ccc2ccccc2c1. The van der Waals surface area contributed by atoms with Crippen LogP contribution in [0.15, 0.2) is 127 Å². The fourth-order valence-electron chi connectivity index (χ4n) is 8.58. The van der Waals surface area contributed by atoms with Crippen molar-refractivity contribution < 1.29 is 0 Å². The van der Waals surface area contributed by atoms with Gasteiger partial charge in [-0.05, 0) is 82.3 Å². The lowest BCUT2D eigenvalue weighted by Gasteiger charge is -2.42. The van der Waals surface area contributed by atoms with Crippen molar-refractivity contribution in [1.29, 1.82) is 0 Å². The van der Waals surface area contributed by atoms with Gasteiger partial charge in [-0.1, -0.05) is 131 Å². The molecule has 0 fully saturated rings. The van der Waals surface area contributed by atoms with Gasteiger partial charge in [0, 0.05) is 44.9 Å². The van der Waals surface area contributed by atoms with E-state index in [0.29, 0.717) is 0 Å². The average Bonchev–Trinajstić information content (AvgIpc) is 3.47. The Bertz CT molecular complexity index is 2530. The van der Waals surface area contributed by atoms with Gasteiger partial charge < -0.3 is 4.57 Å². The Morgan fingerprint density at radius 3 is 2.06 bits per heavy atom. The van der Waals surface area contributed by atoms with Crippen molar-refractivity contribution in [2.75, 3.05) is 0 Å². The van der Waals surface area contributed by atoms with Gasteiger partial charge >= 0.3 is 0 Å². The fourth-order valence-corrected chi connectivity index (χ4v) is 8.58. The maximum absolute atomic E-state index is 5.37. The molecule has 3 heteroatoms. The van der Waals surface area contributed by atoms with Gasteiger partial charge in [-0.3, -0.25) is 0 Å². The van der Waals surface area contributed by atoms with Crippen molar-refractivity contribution in [2.24, 2.45) is 0 Å². The molecule has 3 nitrogen and oxygen atoms in total. The summed E-state index contributed by atoms with van der Waals surface area (Å²) in [6, 6.07) is 39.9. The van der Waals surface area contributed by atoms with Gasteiger partial charge in [0.25, 0.3) is 0 Å². The number of fused-ring (bicyclic) bond motifs is 5. The average molecular weight is 650 g/mol. The molecule has 0 N–H and O–H groups in total. The minimum atomic E-state index is 0.129. The van der Waals surface area contributed by atoms with E-state index in [1.165, 1.54) is 56.5 Å². The highest BCUT2D eigenvalue weighted by Crippen LogP contribution is 2.49. The molecular formula is C47H43N3. The van der Waals surface area contributed by atoms with Crippen LogP contribution in [0.5, 0.6) is 0 Å². The number of hydrogen-bond acceptors (Lipinski definition) is 2. The molecule has 2 aromatic heterocycles. The van der Waals surface area contributed by atoms with E-state index in [9.17, 15) is 0 Å². The Morgan fingerprint density at radius 2 is 1.28 bits per heavy atom. The van der Waals surface area contributed by atoms with Crippen molar-refractivity contribution in [3.63, 3.8) is 0 Å². The summed E-state index contributed by atoms with van der Waals surface area (Å²) >= 11 is 0. The molecule has 5 aromatic carbocycles. The third kappa shape index (κ3) is 4.94. The quantitative estimate of drug-likeness (QED) is 0.190. The summed E-state index contributed by atoms with van der Waals surface area (Å²) in [5, 5.41) is 5.12. The van der Waals surface area contributed by atoms with Crippen molar-refractivity contribution in [1.82, 2.24) is 14.5 Å². The fraction of sp³-hybridized carbons (Fsp3) is 0.234. The van der Waals surface area contributed by atoms with Gasteiger partial charge in [0.15, 0.2) is 5.82 Å². The Hall–Kier alpha value is -5.28. The predicted octanol–water partition coefficient (Wildman–Crippen LogP) is 12.3. The van der Waals surface area contributed by atoms with Crippen LogP contribution in [0.3, 0.4) is 0 Å². The lowest BCUT2D eigenvalue weighted by Crippen LogP contribution is -2.33. The van der Waals surface area contributed by atoms with Crippen molar-refractivity contribution in [3.8, 4) is 22.5 Å². The van der Waals surface area contributed by atoms with Crippen LogP contribution in [0.1, 0.15) is 75.5 Å². The van der Waals surface area contributed by atoms with Crippen LogP contribution in [0.2, 0.25) is 0 Å². The summed E-state index contributed by atoms with van der Waals surface area (Å²) in [6.07, 6.45) is 10.0. The largest absolute Gasteiger partial charge is 0.333 e. The molecule has 1 atom stereocenters. The predicted molar refractivity (Wildman–Crippen MR) is 211 cm³/mol. The molecule has 0 saturated carbocycles. The molecule has 50 heavy (non-hydrogen) atoms. The van der Waals surface area contributed by atoms with E-state index in [0.717, 1.165) is 45.9 Å². The van der Waals surface area contributed by atoms with Crippen molar-refractivity contribution in [3.05, 3.63) is 150 Å². The molecule has 7 aromatic rings. The second-order valence-electron chi connectivity index (χ2n) is 15.7. The summed E-state index contributed by atoms with van der Waals surface area (Å²) in [5.74, 6) is 0.799. The molecule has 0 amide bonds. The number of para-hydroxylation sites is 1. The van der Waals surface area contributed by atoms with Crippen LogP contribution in [-0.4, -0.2) is 14.5 Å². The van der Waals surface area contributed by atoms with Crippen LogP contribution < -0.4 is 0 Å². The highest BCUT2D eigenvalue weighted by atomic mass is 15.0. The van der Waals surface area contributed by atoms with E-state index < -0.39 is 0 Å². The van der Waals surface area contributed by atoms with Crippen molar-refractivity contribution >= 4 is 38.2 Å². The van der Waals surface area contributed by atoms with E-state index in [2.05, 4.69) is 167 Å². The first-order valence-electron chi connectivity index (χ1n) is 18.1. The summed E-state index contributed by atoms with van der Waals surface area (Å²) in [4.78, 5) is 10.7. The lowest BCUT2D eigenvalue weighted by molar-refractivity contribution is 0.332. The van der Waals surface area contributed by atoms with E-state index in [4.69, 9.17) is 9.97 Å². The molecule has 2 aliphatic carbocycles. The molecule has 2 heterocycles. The smallest absolute Gasteiger partial charge is 0.156 e. The first kappa shape index (κ1) is 30.8. The van der Waals surface area contributed by atoms with Crippen LogP contribution in [-0.2, 0) is 10.8 Å². The lowest BCUT2D eigenvalue weighted by atomic mass is 9.63. The van der Waals surface area contributed by atoms with E-state index in [1.54, 1.807) is 0 Å². The summed E-state index contributed by atoms with van der Waals surface area (Å²) in [6.45, 7) is 11.9. The highest BCUT2D eigenvalue weighted by molar-refractivity contribution is 6.09. The highest BCUT2D eigenvalue weighted by Gasteiger charge is 2.38. The molecule has 0 saturated heterocycles. The standard InChI is InChI=1S/C47H43N3/c1-30-43(32-15-7-6-8-16-32)48-45(49-44(30)34-23-22-31-14-9-10-17-33(31)26-34)35-18-13-19-36(27-35)50-41-21-12-11-20-37(41)38-28-39-40(29-42(38)50)47(4,5)25-24-46(39,2)3/h6-23,26,28-29,36H,24-25,27H2,1-5H3. The molecule has 2 aliphatic rings. The molecule has 0 aliphatic heterocycles. The molecule has 0 spiro atoms. The monoisotopic (exact) mass is 649 g/mol. The van der Waals surface area contributed by atoms with Crippen LogP contribution in [0.4, 0.5) is 0 Å². The third-order valence-corrected chi connectivity index (χ3v) is 11.6. The number of aromatic nitrogens is 3. The van der Waals surface area contributed by atoms with E-state index >= 15 is 0 Å². The normalized spacial score (nSPS) is 18.0. The van der Waals surface area contributed by atoms with Gasteiger partial charge in [-0.15, -0.1) is 0 Å². The molecule has 0 radical (unpaired) electrons. The Balaban J connectivity index is 1.20. The molecular weight excluding hydrogens is 607 g/mol. The van der Waals surface area contributed by atoms with E-state index in [1.807, 2.05) is 0 Å². The summed E-state index contributed by atoms with van der Waals surface area (Å²) in [7, 11) is 0. The first-order valence-corrected chi connectivity index (χ1v) is 18.1. The van der Waals surface area contributed by atoms with Gasteiger partial charge in [0.2, 0.25) is 0 Å². The topological polar surface area (TPSA) is 30.7 Å². The van der Waals surface area contributed by atoms with Crippen molar-refractivity contribution in [2.45, 2.75) is 70.8 Å². The maximum atomic E-state index is 5.37. The second-order valence-corrected chi connectivity index (χ2v) is 15.7. The molecule has 0 bridgehead atoms. The minimum Gasteiger partial charge on any atom is -0.333 e. The molecule has 1 unspecified atom stereocenters. The number of hydrogen-bond donors (Lipinski definition) is 0. The van der Waals surface area contributed by atoms with Gasteiger partial charge in [-0.2, -0.15) is 0 Å². The minimum absolute atomic E-state index is 0.129. The zero-order valence-electron chi connectivity index (χ0n) is 29.7. The zero-order valence-corrected chi connectivity index (χ0v) is 29.7. The van der Waals surface area contributed by atoms with Gasteiger partial charge in [0.1, 0.15) is 0 Å². The van der Waals surface area contributed by atoms with Crippen LogP contribution >= 0.6 is 0 Å². The van der Waals surface area contributed by atoms with Crippen LogP contribution in [0.25, 0.3) is 60.7 Å². The molecule has 9 rings (SSSR count). The Kier molecular flexibility index (Phi) is 7.00. The second kappa shape index (κ2) is 11.4. The number of rotatable bonds is 4. The Labute approximate surface area is 295 Å². The Morgan fingerprint density at radius 1 is 0.620 bits per heavy atom. The first-order chi connectivity index (χ1) is 24.2. The maximum Gasteiger partial charge on any atom is 0.156 e. The number of allylic oxidation sites excluding steroid dienone is 4.